The molecule has 1 aromatic carbocycles. The highest BCUT2D eigenvalue weighted by molar-refractivity contribution is 6.07. The maximum absolute atomic E-state index is 10.9. The number of nitrogens with zero attached hydrogens (tertiary/aromatic N) is 3. The molecular weight excluding hydrogens is 388 g/mol. The van der Waals surface area contributed by atoms with E-state index in [1.54, 1.807) is 13.2 Å². The van der Waals surface area contributed by atoms with Crippen molar-refractivity contribution >= 4 is 29.3 Å². The third kappa shape index (κ3) is 2.94. The molecule has 4 atom stereocenters. The van der Waals surface area contributed by atoms with Crippen LogP contribution in [0.2, 0.25) is 0 Å². The first kappa shape index (κ1) is 20.3. The summed E-state index contributed by atoms with van der Waals surface area (Å²) in [6.45, 7) is 4.62. The average Bonchev–Trinajstić information content (AvgIpc) is 3.39. The zero-order valence-corrected chi connectivity index (χ0v) is 16.7. The number of amidine groups is 1. The molecule has 30 heavy (non-hydrogen) atoms. The van der Waals surface area contributed by atoms with Gasteiger partial charge in [0.2, 0.25) is 0 Å². The van der Waals surface area contributed by atoms with Crippen LogP contribution in [0, 0.1) is 0 Å². The van der Waals surface area contributed by atoms with Crippen LogP contribution in [0.3, 0.4) is 0 Å². The second-order valence-electron chi connectivity index (χ2n) is 7.44. The van der Waals surface area contributed by atoms with E-state index in [0.717, 1.165) is 5.39 Å². The Kier molecular flexibility index (Phi) is 4.99. The Balaban J connectivity index is 1.94. The topological polar surface area (TPSA) is 139 Å². The number of benzene rings is 1. The minimum Gasteiger partial charge on any atom is -0.456 e. The lowest BCUT2D eigenvalue weighted by atomic mass is 9.96. The first-order valence-electron chi connectivity index (χ1n) is 9.43. The summed E-state index contributed by atoms with van der Waals surface area (Å²) in [4.78, 5) is 8.19. The maximum Gasteiger partial charge on any atom is 0.167 e. The lowest BCUT2D eigenvalue weighted by Gasteiger charge is -2.28. The van der Waals surface area contributed by atoms with E-state index in [-0.39, 0.29) is 5.84 Å². The number of para-hydroxylation sites is 1. The molecule has 2 aromatic heterocycles. The molecule has 9 heteroatoms. The maximum atomic E-state index is 10.9. The summed E-state index contributed by atoms with van der Waals surface area (Å²) < 4.78 is 13.3. The largest absolute Gasteiger partial charge is 0.456 e. The van der Waals surface area contributed by atoms with Crippen molar-refractivity contribution in [3.63, 3.8) is 0 Å². The Labute approximate surface area is 172 Å². The van der Waals surface area contributed by atoms with Gasteiger partial charge in [0.1, 0.15) is 40.8 Å². The highest BCUT2D eigenvalue weighted by Gasteiger charge is 2.53. The second kappa shape index (κ2) is 7.37. The predicted molar refractivity (Wildman–Crippen MR) is 113 cm³/mol. The molecule has 3 aromatic rings. The van der Waals surface area contributed by atoms with Crippen molar-refractivity contribution < 1.29 is 24.5 Å². The normalized spacial score (nSPS) is 27.1. The Morgan fingerprint density at radius 2 is 2.10 bits per heavy atom. The van der Waals surface area contributed by atoms with Crippen LogP contribution in [0.15, 0.2) is 50.9 Å². The van der Waals surface area contributed by atoms with E-state index >= 15 is 0 Å². The number of furan rings is 1. The summed E-state index contributed by atoms with van der Waals surface area (Å²) in [5, 5.41) is 31.7. The van der Waals surface area contributed by atoms with Gasteiger partial charge in [0.25, 0.3) is 0 Å². The third-order valence-corrected chi connectivity index (χ3v) is 5.53. The van der Waals surface area contributed by atoms with Crippen molar-refractivity contribution in [2.75, 3.05) is 13.7 Å². The molecule has 158 valence electrons. The summed E-state index contributed by atoms with van der Waals surface area (Å²) in [7, 11) is 1.55. The van der Waals surface area contributed by atoms with E-state index in [4.69, 9.17) is 14.9 Å². The number of nitrogens with two attached hydrogens (primary N) is 1. The number of aromatic nitrogens is 1. The molecule has 3 heterocycles. The Morgan fingerprint density at radius 1 is 1.37 bits per heavy atom. The van der Waals surface area contributed by atoms with Crippen LogP contribution in [0.4, 0.5) is 5.82 Å². The van der Waals surface area contributed by atoms with Gasteiger partial charge in [0.15, 0.2) is 6.23 Å². The molecule has 1 saturated heterocycles. The van der Waals surface area contributed by atoms with Crippen molar-refractivity contribution in [1.82, 2.24) is 4.57 Å². The van der Waals surface area contributed by atoms with Crippen LogP contribution in [0.1, 0.15) is 18.7 Å². The fourth-order valence-corrected chi connectivity index (χ4v) is 3.91. The quantitative estimate of drug-likeness (QED) is 0.371. The molecule has 4 rings (SSSR count). The van der Waals surface area contributed by atoms with Gasteiger partial charge in [-0.15, -0.1) is 0 Å². The van der Waals surface area contributed by atoms with Gasteiger partial charge >= 0.3 is 0 Å². The highest BCUT2D eigenvalue weighted by Crippen LogP contribution is 2.44. The molecule has 0 saturated carbocycles. The summed E-state index contributed by atoms with van der Waals surface area (Å²) >= 11 is 0. The Morgan fingerprint density at radius 3 is 2.70 bits per heavy atom. The first-order valence-corrected chi connectivity index (χ1v) is 9.43. The molecule has 1 aliphatic rings. The van der Waals surface area contributed by atoms with Gasteiger partial charge in [-0.3, -0.25) is 4.99 Å². The van der Waals surface area contributed by atoms with Crippen molar-refractivity contribution in [2.24, 2.45) is 15.7 Å². The number of aliphatic hydroxyl groups is 3. The fourth-order valence-electron chi connectivity index (χ4n) is 3.91. The summed E-state index contributed by atoms with van der Waals surface area (Å²) in [5.74, 6) is 1.02. The minimum absolute atomic E-state index is 0.198. The number of aliphatic imine (C=N–C) groups is 2. The van der Waals surface area contributed by atoms with Crippen molar-refractivity contribution in [3.8, 4) is 11.3 Å². The van der Waals surface area contributed by atoms with E-state index < -0.39 is 30.6 Å². The zero-order chi connectivity index (χ0) is 21.6. The van der Waals surface area contributed by atoms with Gasteiger partial charge < -0.3 is 34.8 Å². The number of ether oxygens (including phenoxy) is 1. The lowest BCUT2D eigenvalue weighted by molar-refractivity contribution is -0.0956. The van der Waals surface area contributed by atoms with E-state index in [1.165, 1.54) is 11.5 Å². The number of fused-ring (bicyclic) bond motifs is 1. The SMILES string of the molecule is C=Nc1c(/C(N)=N\C)c(-c2cc3ccccc3o2)cn1[C@@H]1O[C@H](CO)C(O)C1(C)O. The number of rotatable bonds is 5. The molecule has 1 fully saturated rings. The van der Waals surface area contributed by atoms with Gasteiger partial charge in [-0.05, 0) is 25.8 Å². The molecule has 9 nitrogen and oxygen atoms in total. The summed E-state index contributed by atoms with van der Waals surface area (Å²) in [5.41, 5.74) is 6.22. The van der Waals surface area contributed by atoms with E-state index in [9.17, 15) is 15.3 Å². The monoisotopic (exact) mass is 412 g/mol. The van der Waals surface area contributed by atoms with Crippen LogP contribution in [0.5, 0.6) is 0 Å². The number of hydrogen-bond acceptors (Lipinski definition) is 7. The molecule has 0 radical (unpaired) electrons. The molecule has 1 aliphatic heterocycles. The van der Waals surface area contributed by atoms with Crippen molar-refractivity contribution in [3.05, 3.63) is 42.1 Å². The molecule has 0 aliphatic carbocycles. The van der Waals surface area contributed by atoms with Crippen LogP contribution >= 0.6 is 0 Å². The number of aliphatic hydroxyl groups excluding tert-OH is 2. The molecular formula is C21H24N4O5. The number of hydrogen-bond donors (Lipinski definition) is 4. The molecule has 0 spiro atoms. The van der Waals surface area contributed by atoms with E-state index in [0.29, 0.717) is 28.3 Å². The highest BCUT2D eigenvalue weighted by atomic mass is 16.6. The van der Waals surface area contributed by atoms with E-state index in [2.05, 4.69) is 16.7 Å². The van der Waals surface area contributed by atoms with Gasteiger partial charge in [0.05, 0.1) is 12.2 Å². The minimum atomic E-state index is -1.70. The van der Waals surface area contributed by atoms with Crippen molar-refractivity contribution in [1.29, 1.82) is 0 Å². The average molecular weight is 412 g/mol. The van der Waals surface area contributed by atoms with Gasteiger partial charge in [-0.1, -0.05) is 18.2 Å². The first-order chi connectivity index (χ1) is 14.3. The predicted octanol–water partition coefficient (Wildman–Crippen LogP) is 1.57. The van der Waals surface area contributed by atoms with Gasteiger partial charge in [-0.2, -0.15) is 0 Å². The fraction of sp³-hybridized carbons (Fsp3) is 0.333. The van der Waals surface area contributed by atoms with Gasteiger partial charge in [-0.25, -0.2) is 4.99 Å². The van der Waals surface area contributed by atoms with Crippen LogP contribution in [-0.2, 0) is 4.74 Å². The van der Waals surface area contributed by atoms with E-state index in [1.807, 2.05) is 30.3 Å². The Bertz CT molecular complexity index is 1100. The molecule has 5 N–H and O–H groups in total. The molecule has 0 bridgehead atoms. The smallest absolute Gasteiger partial charge is 0.167 e. The second-order valence-corrected chi connectivity index (χ2v) is 7.44. The summed E-state index contributed by atoms with van der Waals surface area (Å²) in [6, 6.07) is 9.43. The van der Waals surface area contributed by atoms with Crippen LogP contribution in [0.25, 0.3) is 22.3 Å². The molecule has 0 amide bonds. The standard InChI is InChI=1S/C21H24N4O5/c1-21(28)17(27)15(10-26)30-20(21)25-9-12(16(18(22)23-2)19(25)24-3)14-8-11-6-4-5-7-13(11)29-14/h4-9,15,17,20,26-28H,3,10H2,1-2H3,(H2,22,23)/t15-,17?,20-,21?/m1/s1. The van der Waals surface area contributed by atoms with Crippen LogP contribution in [-0.4, -0.2) is 63.9 Å². The van der Waals surface area contributed by atoms with Crippen molar-refractivity contribution in [2.45, 2.75) is 31.0 Å². The van der Waals surface area contributed by atoms with Crippen LogP contribution < -0.4 is 5.73 Å². The Hall–Kier alpha value is -2.98. The third-order valence-electron chi connectivity index (χ3n) is 5.53. The summed E-state index contributed by atoms with van der Waals surface area (Å²) in [6.07, 6.45) is -1.64. The lowest BCUT2D eigenvalue weighted by Crippen LogP contribution is -2.44. The molecule has 2 unspecified atom stereocenters. The zero-order valence-electron chi connectivity index (χ0n) is 16.7. The van der Waals surface area contributed by atoms with Gasteiger partial charge in [0, 0.05) is 24.2 Å².